The fourth-order valence-corrected chi connectivity index (χ4v) is 0. The molecule has 0 aliphatic heterocycles. The summed E-state index contributed by atoms with van der Waals surface area (Å²) in [5, 5.41) is 0. The maximum Gasteiger partial charge on any atom is 2.00 e. The summed E-state index contributed by atoms with van der Waals surface area (Å²) in [6.45, 7) is 0. The smallest absolute Gasteiger partial charge is 0.457 e. The minimum Gasteiger partial charge on any atom is -0.457 e. The van der Waals surface area contributed by atoms with Gasteiger partial charge in [0.1, 0.15) is 0 Å². The third-order valence-electron chi connectivity index (χ3n) is 0. The van der Waals surface area contributed by atoms with Gasteiger partial charge in [0.25, 0.3) is 0 Å². The van der Waals surface area contributed by atoms with Crippen LogP contribution in [0.3, 0.4) is 0 Å². The average molecular weight is 173 g/mol. The monoisotopic (exact) mass is 172 g/mol. The molecule has 0 aromatic carbocycles. The molecule has 0 aliphatic carbocycles. The van der Waals surface area contributed by atoms with Crippen LogP contribution in [0, 0.1) is 0 Å². The minimum atomic E-state index is 0. The molecule has 0 atom stereocenters. The van der Waals surface area contributed by atoms with Crippen molar-refractivity contribution in [2.24, 2.45) is 0 Å². The molecular weight excluding hydrogens is 155 g/mol. The molecule has 0 aromatic heterocycles. The standard InChI is InChI=1S/Ni.6H2O/h;6*1H2/q+2;;;;;;/p+6. The van der Waals surface area contributed by atoms with Crippen molar-refractivity contribution in [1.29, 1.82) is 0 Å². The molecule has 0 rings (SSSR count). The Morgan fingerprint density at radius 2 is 0.286 bits per heavy atom. The second-order valence-electron chi connectivity index (χ2n) is 0. The van der Waals surface area contributed by atoms with Crippen LogP contribution in [0.4, 0.5) is 0 Å². The van der Waals surface area contributed by atoms with E-state index >= 15 is 0 Å². The first-order valence-electron chi connectivity index (χ1n) is 0. The largest absolute Gasteiger partial charge is 2.00 e. The van der Waals surface area contributed by atoms with Gasteiger partial charge >= 0.3 is 16.5 Å². The summed E-state index contributed by atoms with van der Waals surface area (Å²) in [5.41, 5.74) is 0. The predicted octanol–water partition coefficient (Wildman–Crippen LogP) is -5.53. The normalized spacial score (nSPS) is 0. The van der Waals surface area contributed by atoms with Gasteiger partial charge in [-0.1, -0.05) is 0 Å². The van der Waals surface area contributed by atoms with E-state index in [1.165, 1.54) is 0 Å². The van der Waals surface area contributed by atoms with E-state index in [2.05, 4.69) is 0 Å². The third kappa shape index (κ3) is 1760. The topological polar surface area (TPSA) is 198 Å². The molecule has 0 fully saturated rings. The average Bonchev–Trinajstić information content (AvgIpc) is 0. The van der Waals surface area contributed by atoms with Gasteiger partial charge in [0.2, 0.25) is 0 Å². The maximum atomic E-state index is 0. The number of hydrogen-bond acceptors (Lipinski definition) is 0. The molecule has 7 heteroatoms. The van der Waals surface area contributed by atoms with E-state index in [1.807, 2.05) is 0 Å². The Kier molecular flexibility index (Phi) is 1690000. The Morgan fingerprint density at radius 1 is 0.286 bits per heavy atom. The fraction of sp³-hybridized carbons (Fsp3) is 0. The summed E-state index contributed by atoms with van der Waals surface area (Å²) in [5.74, 6) is 0. The molecule has 0 bridgehead atoms. The van der Waals surface area contributed by atoms with E-state index in [0.29, 0.717) is 0 Å². The van der Waals surface area contributed by atoms with E-state index in [9.17, 15) is 0 Å². The summed E-state index contributed by atoms with van der Waals surface area (Å²) in [6.07, 6.45) is 0. The molecule has 0 aromatic rings. The minimum absolute atomic E-state index is 0. The van der Waals surface area contributed by atoms with Gasteiger partial charge < -0.3 is 32.9 Å². The van der Waals surface area contributed by atoms with E-state index in [0.717, 1.165) is 0 Å². The van der Waals surface area contributed by atoms with Crippen LogP contribution in [0.15, 0.2) is 0 Å². The molecule has 56 valence electrons. The quantitative estimate of drug-likeness (QED) is 0.248. The van der Waals surface area contributed by atoms with Crippen LogP contribution in [0.1, 0.15) is 0 Å². The van der Waals surface area contributed by atoms with Crippen LogP contribution < -0.4 is 0 Å². The van der Waals surface area contributed by atoms with E-state index in [4.69, 9.17) is 0 Å². The second kappa shape index (κ2) is 2690. The fourth-order valence-electron chi connectivity index (χ4n) is 0. The van der Waals surface area contributed by atoms with E-state index in [-0.39, 0.29) is 49.3 Å². The van der Waals surface area contributed by atoms with Gasteiger partial charge in [-0.2, -0.15) is 0 Å². The van der Waals surface area contributed by atoms with Gasteiger partial charge in [-0.25, -0.2) is 0 Å². The van der Waals surface area contributed by atoms with Crippen LogP contribution in [-0.2, 0) is 49.3 Å². The molecule has 6 nitrogen and oxygen atoms in total. The Balaban J connectivity index is 0. The second-order valence-corrected chi connectivity index (χ2v) is 0. The van der Waals surface area contributed by atoms with Crippen LogP contribution >= 0.6 is 0 Å². The van der Waals surface area contributed by atoms with Gasteiger partial charge in [0.05, 0.1) is 0 Å². The van der Waals surface area contributed by atoms with Crippen molar-refractivity contribution in [3.05, 3.63) is 0 Å². The van der Waals surface area contributed by atoms with Gasteiger partial charge in [-0.15, -0.1) is 0 Å². The zero-order valence-corrected chi connectivity index (χ0v) is 4.77. The molecule has 7 heavy (non-hydrogen) atoms. The third-order valence-corrected chi connectivity index (χ3v) is 0. The first kappa shape index (κ1) is 4410. The molecule has 0 amide bonds. The Morgan fingerprint density at radius 3 is 0.286 bits per heavy atom. The summed E-state index contributed by atoms with van der Waals surface area (Å²) < 4.78 is 0. The summed E-state index contributed by atoms with van der Waals surface area (Å²) in [6, 6.07) is 0. The van der Waals surface area contributed by atoms with Gasteiger partial charge in [-0.3, -0.25) is 0 Å². The van der Waals surface area contributed by atoms with Crippen molar-refractivity contribution in [3.8, 4) is 0 Å². The van der Waals surface area contributed by atoms with Gasteiger partial charge in [-0.05, 0) is 0 Å². The van der Waals surface area contributed by atoms with Crippen LogP contribution in [0.2, 0.25) is 0 Å². The van der Waals surface area contributed by atoms with Crippen molar-refractivity contribution < 1.29 is 49.3 Å². The van der Waals surface area contributed by atoms with Crippen LogP contribution in [0.25, 0.3) is 0 Å². The van der Waals surface area contributed by atoms with Gasteiger partial charge in [0, 0.05) is 0 Å². The van der Waals surface area contributed by atoms with Crippen LogP contribution in [0.5, 0.6) is 0 Å². The van der Waals surface area contributed by atoms with Crippen molar-refractivity contribution in [2.75, 3.05) is 0 Å². The zero-order valence-electron chi connectivity index (χ0n) is 3.78. The van der Waals surface area contributed by atoms with Crippen molar-refractivity contribution in [3.63, 3.8) is 0 Å². The van der Waals surface area contributed by atoms with Gasteiger partial charge in [0.15, 0.2) is 0 Å². The van der Waals surface area contributed by atoms with Crippen molar-refractivity contribution >= 4 is 0 Å². The Labute approximate surface area is 50.3 Å². The molecule has 0 saturated carbocycles. The van der Waals surface area contributed by atoms with Crippen molar-refractivity contribution in [2.45, 2.75) is 0 Å². The van der Waals surface area contributed by atoms with E-state index in [1.54, 1.807) is 0 Å². The predicted molar refractivity (Wildman–Crippen MR) is 29.2 cm³/mol. The summed E-state index contributed by atoms with van der Waals surface area (Å²) in [7, 11) is 0. The SMILES string of the molecule is [Ni+2].[OH3+].[OH3+].[OH3+].[OH3+].[OH3+].[OH3+]. The molecule has 0 aliphatic rings. The molecule has 0 radical (unpaired) electrons. The Hall–Kier alpha value is 0.254. The maximum absolute atomic E-state index is 0. The molecule has 0 spiro atoms. The molecule has 18 N–H and O–H groups in total. The molecule has 0 heterocycles. The number of hydrogen-bond donors (Lipinski definition) is 0. The molecule has 0 unspecified atom stereocenters. The first-order valence-corrected chi connectivity index (χ1v) is 0. The van der Waals surface area contributed by atoms with Crippen LogP contribution in [-0.4, -0.2) is 0 Å². The van der Waals surface area contributed by atoms with Crippen molar-refractivity contribution in [1.82, 2.24) is 0 Å². The molecular formula is H18NiO6+8. The number of rotatable bonds is 0. The summed E-state index contributed by atoms with van der Waals surface area (Å²) >= 11 is 0. The zero-order chi connectivity index (χ0) is 0. The Bertz CT molecular complexity index is 4.14. The summed E-state index contributed by atoms with van der Waals surface area (Å²) in [4.78, 5) is 0. The molecule has 0 saturated heterocycles. The first-order chi connectivity index (χ1) is 0. The van der Waals surface area contributed by atoms with E-state index < -0.39 is 0 Å².